The summed E-state index contributed by atoms with van der Waals surface area (Å²) in [5.74, 6) is -0.424. The Kier molecular flexibility index (Phi) is 8.24. The van der Waals surface area contributed by atoms with E-state index < -0.39 is 12.0 Å². The molecular weight excluding hydrogens is 358 g/mol. The molecule has 0 spiro atoms. The highest BCUT2D eigenvalue weighted by Crippen LogP contribution is 2.24. The quantitative estimate of drug-likeness (QED) is 0.480. The summed E-state index contributed by atoms with van der Waals surface area (Å²) in [5, 5.41) is 19.2. The predicted molar refractivity (Wildman–Crippen MR) is 95.5 cm³/mol. The zero-order chi connectivity index (χ0) is 19.6. The number of carboxylic acids is 1. The number of amidine groups is 1. The maximum atomic E-state index is 11.1. The summed E-state index contributed by atoms with van der Waals surface area (Å²) in [5.41, 5.74) is 0.220. The van der Waals surface area contributed by atoms with Gasteiger partial charge in [-0.2, -0.15) is 0 Å². The van der Waals surface area contributed by atoms with Gasteiger partial charge in [0.05, 0.1) is 45.8 Å². The maximum absolute atomic E-state index is 11.1. The second kappa shape index (κ2) is 10.7. The van der Waals surface area contributed by atoms with Gasteiger partial charge in [-0.1, -0.05) is 0 Å². The molecule has 150 valence electrons. The van der Waals surface area contributed by atoms with E-state index in [1.807, 2.05) is 0 Å². The van der Waals surface area contributed by atoms with Crippen molar-refractivity contribution in [2.45, 2.75) is 6.04 Å². The molecule has 0 aliphatic carbocycles. The Bertz CT molecular complexity index is 653. The van der Waals surface area contributed by atoms with Gasteiger partial charge in [0.25, 0.3) is 0 Å². The van der Waals surface area contributed by atoms with E-state index in [0.29, 0.717) is 51.2 Å². The first-order chi connectivity index (χ1) is 13.0. The molecule has 2 rings (SSSR count). The number of hydrogen-bond donors (Lipinski definition) is 2. The van der Waals surface area contributed by atoms with Gasteiger partial charge in [0.1, 0.15) is 23.8 Å². The normalized spacial score (nSPS) is 16.4. The molecule has 1 aliphatic rings. The topological polar surface area (TPSA) is 123 Å². The third kappa shape index (κ3) is 6.35. The molecule has 0 unspecified atom stereocenters. The van der Waals surface area contributed by atoms with E-state index >= 15 is 0 Å². The van der Waals surface area contributed by atoms with Crippen molar-refractivity contribution in [1.82, 2.24) is 9.88 Å². The fourth-order valence-electron chi connectivity index (χ4n) is 2.38. The summed E-state index contributed by atoms with van der Waals surface area (Å²) < 4.78 is 21.0. The van der Waals surface area contributed by atoms with Crippen LogP contribution in [0.5, 0.6) is 11.5 Å². The van der Waals surface area contributed by atoms with Crippen LogP contribution < -0.4 is 4.74 Å². The van der Waals surface area contributed by atoms with Crippen LogP contribution in [0.1, 0.15) is 5.69 Å². The Morgan fingerprint density at radius 2 is 1.89 bits per heavy atom. The lowest BCUT2D eigenvalue weighted by atomic mass is 10.3. The van der Waals surface area contributed by atoms with Crippen LogP contribution in [-0.4, -0.2) is 98.3 Å². The SMILES string of the molecule is COCCOCCOCCOc1cnc(C2=N[C@@H](C(=O)O)CN2C)c(O)c1. The van der Waals surface area contributed by atoms with E-state index in [9.17, 15) is 9.90 Å². The van der Waals surface area contributed by atoms with E-state index in [0.717, 1.165) is 0 Å². The van der Waals surface area contributed by atoms with E-state index in [4.69, 9.17) is 24.1 Å². The molecule has 0 aromatic carbocycles. The Labute approximate surface area is 157 Å². The lowest BCUT2D eigenvalue weighted by Crippen LogP contribution is -2.28. The third-order valence-corrected chi connectivity index (χ3v) is 3.73. The first kappa shape index (κ1) is 20.9. The largest absolute Gasteiger partial charge is 0.505 e. The van der Waals surface area contributed by atoms with Gasteiger partial charge in [-0.05, 0) is 0 Å². The molecule has 10 nitrogen and oxygen atoms in total. The minimum Gasteiger partial charge on any atom is -0.505 e. The van der Waals surface area contributed by atoms with Crippen molar-refractivity contribution in [3.05, 3.63) is 18.0 Å². The van der Waals surface area contributed by atoms with Gasteiger partial charge >= 0.3 is 5.97 Å². The number of rotatable bonds is 12. The fraction of sp³-hybridized carbons (Fsp3) is 0.588. The number of carbonyl (C=O) groups is 1. The smallest absolute Gasteiger partial charge is 0.330 e. The van der Waals surface area contributed by atoms with Crippen molar-refractivity contribution < 1.29 is 34.0 Å². The summed E-state index contributed by atoms with van der Waals surface area (Å²) >= 11 is 0. The summed E-state index contributed by atoms with van der Waals surface area (Å²) in [6.45, 7) is 2.90. The molecule has 2 heterocycles. The first-order valence-corrected chi connectivity index (χ1v) is 8.51. The van der Waals surface area contributed by atoms with Crippen LogP contribution in [0.2, 0.25) is 0 Å². The Morgan fingerprint density at radius 3 is 2.48 bits per heavy atom. The van der Waals surface area contributed by atoms with E-state index in [2.05, 4.69) is 9.98 Å². The van der Waals surface area contributed by atoms with Crippen molar-refractivity contribution in [3.63, 3.8) is 0 Å². The average molecular weight is 383 g/mol. The van der Waals surface area contributed by atoms with Crippen molar-refractivity contribution in [2.24, 2.45) is 4.99 Å². The van der Waals surface area contributed by atoms with Gasteiger partial charge in [-0.15, -0.1) is 0 Å². The highest BCUT2D eigenvalue weighted by molar-refractivity contribution is 6.02. The number of hydrogen-bond acceptors (Lipinski definition) is 9. The van der Waals surface area contributed by atoms with Crippen LogP contribution in [0.25, 0.3) is 0 Å². The number of likely N-dealkylation sites (N-methyl/N-ethyl adjacent to an activating group) is 1. The standard InChI is InChI=1S/C17H25N3O7/c1-20-11-13(17(22)23)19-16(20)15-14(21)9-12(10-18-15)27-8-7-26-6-5-25-4-3-24-2/h9-10,13,21H,3-8,11H2,1-2H3,(H,22,23)/t13-/m1/s1. The first-order valence-electron chi connectivity index (χ1n) is 8.51. The Hall–Kier alpha value is -2.43. The minimum atomic E-state index is -1.01. The molecule has 0 amide bonds. The van der Waals surface area contributed by atoms with Crippen LogP contribution in [-0.2, 0) is 19.0 Å². The molecule has 27 heavy (non-hydrogen) atoms. The van der Waals surface area contributed by atoms with E-state index in [1.54, 1.807) is 19.1 Å². The molecule has 0 fully saturated rings. The maximum Gasteiger partial charge on any atom is 0.330 e. The van der Waals surface area contributed by atoms with Crippen molar-refractivity contribution in [2.75, 3.05) is 60.3 Å². The number of pyridine rings is 1. The molecule has 0 bridgehead atoms. The molecule has 0 saturated carbocycles. The van der Waals surface area contributed by atoms with Crippen LogP contribution in [0.15, 0.2) is 17.3 Å². The number of methoxy groups -OCH3 is 1. The lowest BCUT2D eigenvalue weighted by molar-refractivity contribution is -0.138. The number of aromatic nitrogens is 1. The zero-order valence-corrected chi connectivity index (χ0v) is 15.5. The van der Waals surface area contributed by atoms with Gasteiger partial charge in [0, 0.05) is 20.2 Å². The fourth-order valence-corrected chi connectivity index (χ4v) is 2.38. The molecule has 1 aromatic rings. The summed E-state index contributed by atoms with van der Waals surface area (Å²) in [6.07, 6.45) is 1.45. The molecule has 2 N–H and O–H groups in total. The van der Waals surface area contributed by atoms with Gasteiger partial charge in [-0.3, -0.25) is 0 Å². The summed E-state index contributed by atoms with van der Waals surface area (Å²) in [6, 6.07) is 0.554. The molecular formula is C17H25N3O7. The molecule has 10 heteroatoms. The van der Waals surface area contributed by atoms with Crippen molar-refractivity contribution in [1.29, 1.82) is 0 Å². The molecule has 0 saturated heterocycles. The number of nitrogens with zero attached hydrogens (tertiary/aromatic N) is 3. The number of aliphatic carboxylic acids is 1. The monoisotopic (exact) mass is 383 g/mol. The van der Waals surface area contributed by atoms with Crippen LogP contribution in [0, 0.1) is 0 Å². The predicted octanol–water partition coefficient (Wildman–Crippen LogP) is -0.00920. The highest BCUT2D eigenvalue weighted by atomic mass is 16.6. The van der Waals surface area contributed by atoms with Crippen LogP contribution in [0.3, 0.4) is 0 Å². The minimum absolute atomic E-state index is 0.128. The third-order valence-electron chi connectivity index (χ3n) is 3.73. The molecule has 1 aliphatic heterocycles. The molecule has 0 radical (unpaired) electrons. The van der Waals surface area contributed by atoms with E-state index in [1.165, 1.54) is 12.3 Å². The van der Waals surface area contributed by atoms with Crippen LogP contribution >= 0.6 is 0 Å². The van der Waals surface area contributed by atoms with Gasteiger partial charge in [-0.25, -0.2) is 14.8 Å². The number of aliphatic imine (C=N–C) groups is 1. The lowest BCUT2D eigenvalue weighted by Gasteiger charge is -2.15. The van der Waals surface area contributed by atoms with E-state index in [-0.39, 0.29) is 18.0 Å². The Balaban J connectivity index is 1.77. The number of carboxylic acid groups (broad SMARTS) is 1. The molecule has 1 aromatic heterocycles. The molecule has 1 atom stereocenters. The highest BCUT2D eigenvalue weighted by Gasteiger charge is 2.30. The second-order valence-corrected chi connectivity index (χ2v) is 5.79. The summed E-state index contributed by atoms with van der Waals surface area (Å²) in [4.78, 5) is 20.9. The summed E-state index contributed by atoms with van der Waals surface area (Å²) in [7, 11) is 3.31. The van der Waals surface area contributed by atoms with Crippen LogP contribution in [0.4, 0.5) is 0 Å². The van der Waals surface area contributed by atoms with Gasteiger partial charge in [0.15, 0.2) is 11.9 Å². The second-order valence-electron chi connectivity index (χ2n) is 5.79. The van der Waals surface area contributed by atoms with Crippen molar-refractivity contribution >= 4 is 11.8 Å². The Morgan fingerprint density at radius 1 is 1.22 bits per heavy atom. The zero-order valence-electron chi connectivity index (χ0n) is 15.5. The number of aromatic hydroxyl groups is 1. The number of ether oxygens (including phenoxy) is 4. The average Bonchev–Trinajstić information content (AvgIpc) is 3.02. The van der Waals surface area contributed by atoms with Gasteiger partial charge in [0.2, 0.25) is 0 Å². The van der Waals surface area contributed by atoms with Crippen molar-refractivity contribution in [3.8, 4) is 11.5 Å². The van der Waals surface area contributed by atoms with Gasteiger partial charge < -0.3 is 34.1 Å².